The minimum atomic E-state index is -0.0576. The van der Waals surface area contributed by atoms with Crippen molar-refractivity contribution in [2.24, 2.45) is 0 Å². The quantitative estimate of drug-likeness (QED) is 0.400. The Morgan fingerprint density at radius 2 is 1.72 bits per heavy atom. The van der Waals surface area contributed by atoms with Gasteiger partial charge in [0.15, 0.2) is 5.13 Å². The number of rotatable bonds is 7. The van der Waals surface area contributed by atoms with Gasteiger partial charge >= 0.3 is 0 Å². The number of hydrogen-bond acceptors (Lipinski definition) is 5. The third kappa shape index (κ3) is 4.31. The maximum absolute atomic E-state index is 13.8. The molecule has 0 N–H and O–H groups in total. The van der Waals surface area contributed by atoms with Crippen molar-refractivity contribution < 1.29 is 4.79 Å². The first-order chi connectivity index (χ1) is 15.4. The van der Waals surface area contributed by atoms with E-state index in [1.165, 1.54) is 5.56 Å². The number of aryl methyl sites for hydroxylation is 2. The van der Waals surface area contributed by atoms with Crippen molar-refractivity contribution in [2.75, 3.05) is 32.1 Å². The molecule has 2 heterocycles. The highest BCUT2D eigenvalue weighted by Gasteiger charge is 2.25. The molecule has 166 valence electrons. The lowest BCUT2D eigenvalue weighted by Crippen LogP contribution is -2.33. The van der Waals surface area contributed by atoms with Crippen LogP contribution in [0.4, 0.5) is 5.13 Å². The van der Waals surface area contributed by atoms with Crippen LogP contribution in [0.1, 0.15) is 33.6 Å². The van der Waals surface area contributed by atoms with E-state index in [2.05, 4.69) is 36.0 Å². The Labute approximate surface area is 193 Å². The number of hydrogen-bond donors (Lipinski definition) is 0. The molecule has 2 aromatic carbocycles. The molecule has 7 heteroatoms. The average Bonchev–Trinajstić information content (AvgIpc) is 3.39. The van der Waals surface area contributed by atoms with E-state index in [0.717, 1.165) is 45.3 Å². The van der Waals surface area contributed by atoms with Crippen LogP contribution in [0, 0.1) is 20.8 Å². The van der Waals surface area contributed by atoms with Crippen LogP contribution in [0.5, 0.6) is 0 Å². The molecule has 0 unspecified atom stereocenters. The zero-order valence-electron chi connectivity index (χ0n) is 19.3. The van der Waals surface area contributed by atoms with Gasteiger partial charge in [0.25, 0.3) is 5.91 Å². The first-order valence-electron chi connectivity index (χ1n) is 10.8. The number of aromatic nitrogens is 3. The van der Waals surface area contributed by atoms with Crippen molar-refractivity contribution in [1.82, 2.24) is 19.7 Å². The van der Waals surface area contributed by atoms with Gasteiger partial charge in [-0.1, -0.05) is 41.7 Å². The second-order valence-electron chi connectivity index (χ2n) is 8.38. The smallest absolute Gasteiger partial charge is 0.263 e. The molecule has 0 radical (unpaired) electrons. The van der Waals surface area contributed by atoms with Gasteiger partial charge in [-0.2, -0.15) is 5.10 Å². The van der Waals surface area contributed by atoms with Crippen molar-refractivity contribution in [3.63, 3.8) is 0 Å². The van der Waals surface area contributed by atoms with Crippen LogP contribution < -0.4 is 4.90 Å². The Kier molecular flexibility index (Phi) is 6.39. The van der Waals surface area contributed by atoms with Crippen molar-refractivity contribution in [2.45, 2.75) is 27.2 Å². The van der Waals surface area contributed by atoms with Gasteiger partial charge in [-0.3, -0.25) is 9.69 Å². The summed E-state index contributed by atoms with van der Waals surface area (Å²) in [6.07, 6.45) is 2.53. The van der Waals surface area contributed by atoms with Crippen LogP contribution in [0.3, 0.4) is 0 Å². The molecule has 0 fully saturated rings. The van der Waals surface area contributed by atoms with Gasteiger partial charge in [0.05, 0.1) is 33.4 Å². The average molecular weight is 448 g/mol. The van der Waals surface area contributed by atoms with Crippen LogP contribution in [-0.2, 0) is 0 Å². The molecule has 4 rings (SSSR count). The topological polar surface area (TPSA) is 54.3 Å². The third-order valence-corrected chi connectivity index (χ3v) is 6.85. The van der Waals surface area contributed by atoms with E-state index in [0.29, 0.717) is 12.1 Å². The number of carbonyl (C=O) groups excluding carboxylic acids is 1. The predicted octanol–water partition coefficient (Wildman–Crippen LogP) is 5.01. The summed E-state index contributed by atoms with van der Waals surface area (Å²) in [4.78, 5) is 22.6. The number of fused-ring (bicyclic) bond motifs is 1. The summed E-state index contributed by atoms with van der Waals surface area (Å²) in [6, 6.07) is 14.1. The second kappa shape index (κ2) is 9.22. The molecule has 0 aliphatic rings. The summed E-state index contributed by atoms with van der Waals surface area (Å²) in [5.74, 6) is -0.0576. The summed E-state index contributed by atoms with van der Waals surface area (Å²) in [7, 11) is 4.09. The number of para-hydroxylation sites is 1. The molecule has 2 aromatic heterocycles. The summed E-state index contributed by atoms with van der Waals surface area (Å²) in [5.41, 5.74) is 5.66. The Morgan fingerprint density at radius 1 is 1.00 bits per heavy atom. The standard InChI is InChI=1S/C25H29N5OS/c1-17-12-13-18(2)23-22(17)27-25(32-23)29(15-9-14-28(4)5)24(31)21-16-26-30(19(21)3)20-10-7-6-8-11-20/h6-8,10-13,16H,9,14-15H2,1-5H3. The predicted molar refractivity (Wildman–Crippen MR) is 132 cm³/mol. The molecular weight excluding hydrogens is 418 g/mol. The van der Waals surface area contributed by atoms with Crippen LogP contribution in [0.15, 0.2) is 48.7 Å². The number of carbonyl (C=O) groups is 1. The summed E-state index contributed by atoms with van der Waals surface area (Å²) < 4.78 is 2.96. The van der Waals surface area contributed by atoms with Gasteiger partial charge in [0.1, 0.15) is 0 Å². The summed E-state index contributed by atoms with van der Waals surface area (Å²) >= 11 is 1.59. The molecule has 0 aliphatic heterocycles. The first-order valence-corrected chi connectivity index (χ1v) is 11.6. The highest BCUT2D eigenvalue weighted by atomic mass is 32.1. The van der Waals surface area contributed by atoms with E-state index in [9.17, 15) is 4.79 Å². The molecule has 32 heavy (non-hydrogen) atoms. The van der Waals surface area contributed by atoms with E-state index >= 15 is 0 Å². The Morgan fingerprint density at radius 3 is 2.41 bits per heavy atom. The molecule has 4 aromatic rings. The normalized spacial score (nSPS) is 11.4. The maximum atomic E-state index is 13.8. The molecule has 0 aliphatic carbocycles. The lowest BCUT2D eigenvalue weighted by atomic mass is 10.1. The minimum absolute atomic E-state index is 0.0576. The monoisotopic (exact) mass is 447 g/mol. The number of nitrogens with zero attached hydrogens (tertiary/aromatic N) is 5. The van der Waals surface area contributed by atoms with E-state index in [4.69, 9.17) is 4.98 Å². The maximum Gasteiger partial charge on any atom is 0.263 e. The molecular formula is C25H29N5OS. The SMILES string of the molecule is Cc1ccc(C)c2sc(N(CCCN(C)C)C(=O)c3cnn(-c4ccccc4)c3C)nc12. The summed E-state index contributed by atoms with van der Waals surface area (Å²) in [6.45, 7) is 7.60. The highest BCUT2D eigenvalue weighted by molar-refractivity contribution is 7.22. The van der Waals surface area contributed by atoms with E-state index in [1.54, 1.807) is 17.5 Å². The Hall–Kier alpha value is -3.03. The van der Waals surface area contributed by atoms with Gasteiger partial charge in [0.2, 0.25) is 0 Å². The van der Waals surface area contributed by atoms with E-state index in [-0.39, 0.29) is 5.91 Å². The van der Waals surface area contributed by atoms with Crippen molar-refractivity contribution in [1.29, 1.82) is 0 Å². The van der Waals surface area contributed by atoms with Gasteiger partial charge in [-0.15, -0.1) is 0 Å². The van der Waals surface area contributed by atoms with Gasteiger partial charge in [-0.25, -0.2) is 9.67 Å². The largest absolute Gasteiger partial charge is 0.309 e. The van der Waals surface area contributed by atoms with Crippen molar-refractivity contribution >= 4 is 32.6 Å². The molecule has 0 saturated heterocycles. The number of thiazole rings is 1. The highest BCUT2D eigenvalue weighted by Crippen LogP contribution is 2.34. The van der Waals surface area contributed by atoms with Crippen molar-refractivity contribution in [3.05, 3.63) is 71.0 Å². The van der Waals surface area contributed by atoms with E-state index in [1.807, 2.05) is 60.9 Å². The zero-order chi connectivity index (χ0) is 22.8. The lowest BCUT2D eigenvalue weighted by molar-refractivity contribution is 0.0985. The van der Waals surface area contributed by atoms with E-state index < -0.39 is 0 Å². The third-order valence-electron chi connectivity index (χ3n) is 5.63. The van der Waals surface area contributed by atoms with Crippen LogP contribution in [0.2, 0.25) is 0 Å². The second-order valence-corrected chi connectivity index (χ2v) is 9.36. The van der Waals surface area contributed by atoms with Gasteiger partial charge in [0, 0.05) is 6.54 Å². The van der Waals surface area contributed by atoms with Crippen molar-refractivity contribution in [3.8, 4) is 5.69 Å². The van der Waals surface area contributed by atoms with Gasteiger partial charge < -0.3 is 4.90 Å². The Balaban J connectivity index is 1.73. The fourth-order valence-electron chi connectivity index (χ4n) is 3.79. The van der Waals surface area contributed by atoms with Crippen LogP contribution in [-0.4, -0.2) is 52.8 Å². The molecule has 0 atom stereocenters. The summed E-state index contributed by atoms with van der Waals surface area (Å²) in [5, 5.41) is 5.25. The first kappa shape index (κ1) is 22.2. The molecule has 6 nitrogen and oxygen atoms in total. The number of anilines is 1. The molecule has 0 spiro atoms. The zero-order valence-corrected chi connectivity index (χ0v) is 20.1. The fraction of sp³-hybridized carbons (Fsp3) is 0.320. The number of amides is 1. The molecule has 0 saturated carbocycles. The molecule has 1 amide bonds. The number of benzene rings is 2. The van der Waals surface area contributed by atoms with Crippen LogP contribution >= 0.6 is 11.3 Å². The van der Waals surface area contributed by atoms with Gasteiger partial charge in [-0.05, 0) is 71.1 Å². The Bertz CT molecular complexity index is 1200. The fourth-order valence-corrected chi connectivity index (χ4v) is 4.92. The van der Waals surface area contributed by atoms with Crippen LogP contribution in [0.25, 0.3) is 15.9 Å². The minimum Gasteiger partial charge on any atom is -0.309 e. The molecule has 0 bridgehead atoms. The lowest BCUT2D eigenvalue weighted by Gasteiger charge is -2.21.